The van der Waals surface area contributed by atoms with Crippen LogP contribution in [-0.4, -0.2) is 17.7 Å². The van der Waals surface area contributed by atoms with Gasteiger partial charge in [0.2, 0.25) is 0 Å². The van der Waals surface area contributed by atoms with Crippen LogP contribution in [0.1, 0.15) is 12.8 Å². The van der Waals surface area contributed by atoms with E-state index in [1.54, 1.807) is 0 Å². The van der Waals surface area contributed by atoms with Crippen molar-refractivity contribution in [1.82, 2.24) is 9.88 Å². The molecule has 0 aliphatic heterocycles. The molecule has 17 heavy (non-hydrogen) atoms. The van der Waals surface area contributed by atoms with E-state index in [1.807, 2.05) is 0 Å². The minimum Gasteiger partial charge on any atom is -0.346 e. The second kappa shape index (κ2) is 4.83. The zero-order valence-electron chi connectivity index (χ0n) is 9.82. The predicted octanol–water partition coefficient (Wildman–Crippen LogP) is 3.40. The van der Waals surface area contributed by atoms with Gasteiger partial charge in [-0.3, -0.25) is 0 Å². The summed E-state index contributed by atoms with van der Waals surface area (Å²) >= 11 is 3.59. The van der Waals surface area contributed by atoms with Crippen LogP contribution in [0.3, 0.4) is 0 Å². The molecule has 1 aliphatic carbocycles. The van der Waals surface area contributed by atoms with E-state index in [4.69, 9.17) is 0 Å². The van der Waals surface area contributed by atoms with Gasteiger partial charge in [-0.2, -0.15) is 0 Å². The molecule has 90 valence electrons. The van der Waals surface area contributed by atoms with E-state index in [1.165, 1.54) is 34.8 Å². The highest BCUT2D eigenvalue weighted by Gasteiger charge is 2.19. The highest BCUT2D eigenvalue weighted by Crippen LogP contribution is 2.27. The van der Waals surface area contributed by atoms with Crippen molar-refractivity contribution in [2.45, 2.75) is 19.4 Å². The third-order valence-electron chi connectivity index (χ3n) is 3.42. The van der Waals surface area contributed by atoms with Crippen LogP contribution in [0.25, 0.3) is 10.9 Å². The van der Waals surface area contributed by atoms with Gasteiger partial charge in [0.1, 0.15) is 0 Å². The first-order chi connectivity index (χ1) is 8.34. The number of hydrogen-bond acceptors (Lipinski definition) is 1. The number of fused-ring (bicyclic) bond motifs is 1. The Hall–Kier alpha value is -0.800. The van der Waals surface area contributed by atoms with Crippen LogP contribution < -0.4 is 5.32 Å². The van der Waals surface area contributed by atoms with E-state index in [-0.39, 0.29) is 0 Å². The van der Waals surface area contributed by atoms with Crippen molar-refractivity contribution in [3.63, 3.8) is 0 Å². The molecule has 0 bridgehead atoms. The van der Waals surface area contributed by atoms with Gasteiger partial charge in [0.15, 0.2) is 0 Å². The zero-order chi connectivity index (χ0) is 11.7. The summed E-state index contributed by atoms with van der Waals surface area (Å²) in [4.78, 5) is 0. The molecular weight excluding hydrogens is 276 g/mol. The fourth-order valence-electron chi connectivity index (χ4n) is 2.21. The van der Waals surface area contributed by atoms with Gasteiger partial charge in [0.05, 0.1) is 0 Å². The van der Waals surface area contributed by atoms with E-state index in [2.05, 4.69) is 56.3 Å². The lowest BCUT2D eigenvalue weighted by atomic mass is 10.2. The van der Waals surface area contributed by atoms with Crippen LogP contribution in [0.4, 0.5) is 0 Å². The summed E-state index contributed by atoms with van der Waals surface area (Å²) in [7, 11) is 0. The summed E-state index contributed by atoms with van der Waals surface area (Å²) in [6.45, 7) is 3.31. The maximum atomic E-state index is 3.59. The molecule has 3 rings (SSSR count). The molecule has 3 heteroatoms. The first-order valence-electron chi connectivity index (χ1n) is 6.28. The van der Waals surface area contributed by atoms with Crippen LogP contribution in [-0.2, 0) is 6.54 Å². The number of nitrogens with zero attached hydrogens (tertiary/aromatic N) is 1. The van der Waals surface area contributed by atoms with Crippen molar-refractivity contribution in [2.24, 2.45) is 5.92 Å². The zero-order valence-corrected chi connectivity index (χ0v) is 11.4. The summed E-state index contributed by atoms with van der Waals surface area (Å²) in [6.07, 6.45) is 5.02. The van der Waals surface area contributed by atoms with E-state index in [0.29, 0.717) is 0 Å². The molecular formula is C14H17BrN2. The van der Waals surface area contributed by atoms with Gasteiger partial charge in [-0.05, 0) is 43.5 Å². The molecule has 0 atom stereocenters. The Labute approximate surface area is 110 Å². The number of halogens is 1. The van der Waals surface area contributed by atoms with Crippen LogP contribution in [0.15, 0.2) is 34.9 Å². The van der Waals surface area contributed by atoms with Crippen molar-refractivity contribution in [3.05, 3.63) is 34.9 Å². The fraction of sp³-hybridized carbons (Fsp3) is 0.429. The topological polar surface area (TPSA) is 17.0 Å². The standard InChI is InChI=1S/C14H17BrN2/c15-13-2-1-3-14-12(13)6-8-17(14)9-7-16-10-11-4-5-11/h1-3,6,8,11,16H,4-5,7,9-10H2. The van der Waals surface area contributed by atoms with Crippen molar-refractivity contribution in [3.8, 4) is 0 Å². The number of hydrogen-bond donors (Lipinski definition) is 1. The summed E-state index contributed by atoms with van der Waals surface area (Å²) < 4.78 is 3.50. The second-order valence-electron chi connectivity index (χ2n) is 4.83. The molecule has 2 aromatic rings. The van der Waals surface area contributed by atoms with Crippen molar-refractivity contribution < 1.29 is 0 Å². The van der Waals surface area contributed by atoms with Gasteiger partial charge in [0.25, 0.3) is 0 Å². The molecule has 1 aliphatic rings. The molecule has 2 nitrogen and oxygen atoms in total. The minimum absolute atomic E-state index is 0.963. The van der Waals surface area contributed by atoms with Crippen molar-refractivity contribution >= 4 is 26.8 Å². The number of aromatic nitrogens is 1. The Balaban J connectivity index is 1.65. The molecule has 0 amide bonds. The Morgan fingerprint density at radius 2 is 2.18 bits per heavy atom. The van der Waals surface area contributed by atoms with E-state index in [9.17, 15) is 0 Å². The maximum Gasteiger partial charge on any atom is 0.0492 e. The molecule has 1 fully saturated rings. The normalized spacial score (nSPS) is 15.6. The number of rotatable bonds is 5. The first-order valence-corrected chi connectivity index (χ1v) is 7.08. The highest BCUT2D eigenvalue weighted by molar-refractivity contribution is 9.10. The Morgan fingerprint density at radius 3 is 3.00 bits per heavy atom. The van der Waals surface area contributed by atoms with E-state index < -0.39 is 0 Å². The molecule has 0 unspecified atom stereocenters. The highest BCUT2D eigenvalue weighted by atomic mass is 79.9. The quantitative estimate of drug-likeness (QED) is 0.836. The number of nitrogens with one attached hydrogen (secondary N) is 1. The summed E-state index contributed by atoms with van der Waals surface area (Å²) in [5, 5.41) is 4.83. The Kier molecular flexibility index (Phi) is 3.21. The average molecular weight is 293 g/mol. The average Bonchev–Trinajstić information content (AvgIpc) is 3.06. The van der Waals surface area contributed by atoms with Crippen LogP contribution >= 0.6 is 15.9 Å². The lowest BCUT2D eigenvalue weighted by Crippen LogP contribution is -2.21. The van der Waals surface area contributed by atoms with Crippen LogP contribution in [0, 0.1) is 5.92 Å². The lowest BCUT2D eigenvalue weighted by molar-refractivity contribution is 0.584. The molecule has 1 heterocycles. The van der Waals surface area contributed by atoms with Gasteiger partial charge in [-0.15, -0.1) is 0 Å². The molecule has 1 saturated carbocycles. The van der Waals surface area contributed by atoms with Crippen LogP contribution in [0.5, 0.6) is 0 Å². The summed E-state index contributed by atoms with van der Waals surface area (Å²) in [6, 6.07) is 8.56. The third-order valence-corrected chi connectivity index (χ3v) is 4.11. The predicted molar refractivity (Wildman–Crippen MR) is 75.2 cm³/mol. The Bertz CT molecular complexity index is 514. The lowest BCUT2D eigenvalue weighted by Gasteiger charge is -2.07. The van der Waals surface area contributed by atoms with Gasteiger partial charge < -0.3 is 9.88 Å². The molecule has 0 saturated heterocycles. The fourth-order valence-corrected chi connectivity index (χ4v) is 2.70. The monoisotopic (exact) mass is 292 g/mol. The first kappa shape index (κ1) is 11.3. The van der Waals surface area contributed by atoms with Crippen molar-refractivity contribution in [1.29, 1.82) is 0 Å². The van der Waals surface area contributed by atoms with Crippen LogP contribution in [0.2, 0.25) is 0 Å². The molecule has 1 N–H and O–H groups in total. The minimum atomic E-state index is 0.963. The van der Waals surface area contributed by atoms with Gasteiger partial charge in [0, 0.05) is 34.7 Å². The van der Waals surface area contributed by atoms with Gasteiger partial charge in [-0.25, -0.2) is 0 Å². The Morgan fingerprint density at radius 1 is 1.29 bits per heavy atom. The SMILES string of the molecule is Brc1cccc2c1ccn2CCNCC1CC1. The molecule has 0 spiro atoms. The largest absolute Gasteiger partial charge is 0.346 e. The summed E-state index contributed by atoms with van der Waals surface area (Å²) in [5.74, 6) is 0.963. The van der Waals surface area contributed by atoms with E-state index in [0.717, 1.165) is 19.0 Å². The molecule has 1 aromatic heterocycles. The van der Waals surface area contributed by atoms with E-state index >= 15 is 0 Å². The second-order valence-corrected chi connectivity index (χ2v) is 5.68. The third kappa shape index (κ3) is 2.55. The van der Waals surface area contributed by atoms with Crippen molar-refractivity contribution in [2.75, 3.05) is 13.1 Å². The smallest absolute Gasteiger partial charge is 0.0492 e. The molecule has 1 aromatic carbocycles. The summed E-state index contributed by atoms with van der Waals surface area (Å²) in [5.41, 5.74) is 1.31. The molecule has 0 radical (unpaired) electrons. The maximum absolute atomic E-state index is 3.59. The number of benzene rings is 1. The van der Waals surface area contributed by atoms with Gasteiger partial charge >= 0.3 is 0 Å². The van der Waals surface area contributed by atoms with Gasteiger partial charge in [-0.1, -0.05) is 22.0 Å².